The molecule has 0 atom stereocenters. The number of carbonyl (C=O) groups excluding carboxylic acids is 1. The molecular formula is C15H12BrFO2. The lowest BCUT2D eigenvalue weighted by Crippen LogP contribution is -1.95. The minimum absolute atomic E-state index is 0.344. The summed E-state index contributed by atoms with van der Waals surface area (Å²) >= 11 is 3.37. The SMILES string of the molecule is CCOc1ccc(-c2cc(F)ccc2Br)c(C=O)c1. The van der Waals surface area contributed by atoms with Gasteiger partial charge in [-0.15, -0.1) is 0 Å². The Morgan fingerprint density at radius 3 is 2.68 bits per heavy atom. The van der Waals surface area contributed by atoms with E-state index in [0.29, 0.717) is 29.0 Å². The number of ether oxygens (including phenoxy) is 1. The molecule has 4 heteroatoms. The second-order valence-corrected chi connectivity index (χ2v) is 4.78. The highest BCUT2D eigenvalue weighted by molar-refractivity contribution is 9.10. The Morgan fingerprint density at radius 1 is 1.21 bits per heavy atom. The van der Waals surface area contributed by atoms with Crippen LogP contribution in [0.15, 0.2) is 40.9 Å². The van der Waals surface area contributed by atoms with Crippen LogP contribution in [0.1, 0.15) is 17.3 Å². The molecule has 0 saturated carbocycles. The topological polar surface area (TPSA) is 26.3 Å². The first-order chi connectivity index (χ1) is 9.15. The Morgan fingerprint density at radius 2 is 2.00 bits per heavy atom. The number of halogens is 2. The fourth-order valence-electron chi connectivity index (χ4n) is 1.84. The molecule has 0 spiro atoms. The van der Waals surface area contributed by atoms with Gasteiger partial charge in [-0.2, -0.15) is 0 Å². The first kappa shape index (κ1) is 13.7. The molecule has 0 amide bonds. The number of benzene rings is 2. The summed E-state index contributed by atoms with van der Waals surface area (Å²) < 4.78 is 19.4. The molecule has 0 aliphatic heterocycles. The van der Waals surface area contributed by atoms with Crippen molar-refractivity contribution < 1.29 is 13.9 Å². The highest BCUT2D eigenvalue weighted by Crippen LogP contribution is 2.32. The first-order valence-corrected chi connectivity index (χ1v) is 6.62. The zero-order valence-electron chi connectivity index (χ0n) is 10.3. The number of rotatable bonds is 4. The number of carbonyl (C=O) groups is 1. The third-order valence-electron chi connectivity index (χ3n) is 2.68. The third-order valence-corrected chi connectivity index (χ3v) is 3.37. The van der Waals surface area contributed by atoms with Crippen molar-refractivity contribution in [3.63, 3.8) is 0 Å². The molecule has 0 aromatic heterocycles. The van der Waals surface area contributed by atoms with Gasteiger partial charge in [0.2, 0.25) is 0 Å². The van der Waals surface area contributed by atoms with E-state index in [1.165, 1.54) is 12.1 Å². The largest absolute Gasteiger partial charge is 0.494 e. The molecule has 0 aliphatic rings. The van der Waals surface area contributed by atoms with Gasteiger partial charge in [-0.3, -0.25) is 4.79 Å². The molecular weight excluding hydrogens is 311 g/mol. The van der Waals surface area contributed by atoms with Gasteiger partial charge < -0.3 is 4.74 Å². The van der Waals surface area contributed by atoms with Crippen LogP contribution < -0.4 is 4.74 Å². The van der Waals surface area contributed by atoms with E-state index in [-0.39, 0.29) is 5.82 Å². The predicted molar refractivity (Wildman–Crippen MR) is 76.1 cm³/mol. The second kappa shape index (κ2) is 5.97. The molecule has 0 N–H and O–H groups in total. The van der Waals surface area contributed by atoms with Crippen LogP contribution in [0, 0.1) is 5.82 Å². The Bertz CT molecular complexity index is 611. The fraction of sp³-hybridized carbons (Fsp3) is 0.133. The van der Waals surface area contributed by atoms with Crippen molar-refractivity contribution in [3.05, 3.63) is 52.3 Å². The summed E-state index contributed by atoms with van der Waals surface area (Å²) in [5, 5.41) is 0. The summed E-state index contributed by atoms with van der Waals surface area (Å²) in [5.74, 6) is 0.282. The van der Waals surface area contributed by atoms with Crippen molar-refractivity contribution in [2.75, 3.05) is 6.61 Å². The highest BCUT2D eigenvalue weighted by atomic mass is 79.9. The molecule has 0 saturated heterocycles. The van der Waals surface area contributed by atoms with E-state index in [0.717, 1.165) is 10.8 Å². The standard InChI is InChI=1S/C15H12BrFO2/c1-2-19-12-4-5-13(10(7-12)9-18)14-8-11(17)3-6-15(14)16/h3-9H,2H2,1H3. The molecule has 0 aliphatic carbocycles. The molecule has 0 fully saturated rings. The van der Waals surface area contributed by atoms with Crippen molar-refractivity contribution in [1.29, 1.82) is 0 Å². The fourth-order valence-corrected chi connectivity index (χ4v) is 2.30. The molecule has 0 bridgehead atoms. The molecule has 2 nitrogen and oxygen atoms in total. The Kier molecular flexibility index (Phi) is 4.32. The number of hydrogen-bond acceptors (Lipinski definition) is 2. The van der Waals surface area contributed by atoms with Crippen LogP contribution in [0.5, 0.6) is 5.75 Å². The minimum Gasteiger partial charge on any atom is -0.494 e. The lowest BCUT2D eigenvalue weighted by atomic mass is 10.00. The smallest absolute Gasteiger partial charge is 0.150 e. The van der Waals surface area contributed by atoms with Gasteiger partial charge in [0, 0.05) is 10.0 Å². The van der Waals surface area contributed by atoms with Crippen LogP contribution in [0.2, 0.25) is 0 Å². The number of aldehydes is 1. The quantitative estimate of drug-likeness (QED) is 0.776. The molecule has 0 radical (unpaired) electrons. The molecule has 2 rings (SSSR count). The van der Waals surface area contributed by atoms with Crippen molar-refractivity contribution in [1.82, 2.24) is 0 Å². The van der Waals surface area contributed by atoms with Crippen LogP contribution in [0.25, 0.3) is 11.1 Å². The first-order valence-electron chi connectivity index (χ1n) is 5.83. The van der Waals surface area contributed by atoms with Crippen LogP contribution in [0.3, 0.4) is 0 Å². The summed E-state index contributed by atoms with van der Waals surface area (Å²) in [5.41, 5.74) is 1.78. The van der Waals surface area contributed by atoms with Gasteiger partial charge in [-0.25, -0.2) is 4.39 Å². The molecule has 2 aromatic rings. The summed E-state index contributed by atoms with van der Waals surface area (Å²) in [6.45, 7) is 2.40. The zero-order valence-corrected chi connectivity index (χ0v) is 11.9. The van der Waals surface area contributed by atoms with E-state index < -0.39 is 0 Å². The highest BCUT2D eigenvalue weighted by Gasteiger charge is 2.10. The van der Waals surface area contributed by atoms with Crippen LogP contribution in [0.4, 0.5) is 4.39 Å². The van der Waals surface area contributed by atoms with Gasteiger partial charge in [-0.1, -0.05) is 15.9 Å². The van der Waals surface area contributed by atoms with Gasteiger partial charge in [0.05, 0.1) is 6.61 Å². The third kappa shape index (κ3) is 3.01. The van der Waals surface area contributed by atoms with Gasteiger partial charge in [-0.05, 0) is 54.4 Å². The normalized spacial score (nSPS) is 10.3. The number of hydrogen-bond donors (Lipinski definition) is 0. The van der Waals surface area contributed by atoms with Crippen molar-refractivity contribution in [2.45, 2.75) is 6.92 Å². The summed E-state index contributed by atoms with van der Waals surface area (Å²) in [6.07, 6.45) is 0.745. The molecule has 19 heavy (non-hydrogen) atoms. The Balaban J connectivity index is 2.55. The summed E-state index contributed by atoms with van der Waals surface area (Å²) in [4.78, 5) is 11.2. The van der Waals surface area contributed by atoms with E-state index in [1.807, 2.05) is 6.92 Å². The van der Waals surface area contributed by atoms with Gasteiger partial charge >= 0.3 is 0 Å². The maximum absolute atomic E-state index is 13.3. The summed E-state index contributed by atoms with van der Waals surface area (Å²) in [7, 11) is 0. The molecule has 98 valence electrons. The predicted octanol–water partition coefficient (Wildman–Crippen LogP) is 4.47. The van der Waals surface area contributed by atoms with Gasteiger partial charge in [0.1, 0.15) is 11.6 Å². The average molecular weight is 323 g/mol. The van der Waals surface area contributed by atoms with E-state index in [9.17, 15) is 9.18 Å². The lowest BCUT2D eigenvalue weighted by Gasteiger charge is -2.10. The monoisotopic (exact) mass is 322 g/mol. The van der Waals surface area contributed by atoms with Crippen molar-refractivity contribution in [2.24, 2.45) is 0 Å². The lowest BCUT2D eigenvalue weighted by molar-refractivity contribution is 0.112. The van der Waals surface area contributed by atoms with Crippen LogP contribution in [-0.4, -0.2) is 12.9 Å². The maximum atomic E-state index is 13.3. The Labute approximate surface area is 119 Å². The molecule has 0 heterocycles. The minimum atomic E-state index is -0.344. The second-order valence-electron chi connectivity index (χ2n) is 3.92. The van der Waals surface area contributed by atoms with E-state index >= 15 is 0 Å². The Hall–Kier alpha value is -1.68. The van der Waals surface area contributed by atoms with Crippen molar-refractivity contribution >= 4 is 22.2 Å². The van der Waals surface area contributed by atoms with E-state index in [2.05, 4.69) is 15.9 Å². The molecule has 2 aromatic carbocycles. The van der Waals surface area contributed by atoms with E-state index in [1.54, 1.807) is 24.3 Å². The summed E-state index contributed by atoms with van der Waals surface area (Å²) in [6, 6.07) is 9.56. The van der Waals surface area contributed by atoms with E-state index in [4.69, 9.17) is 4.74 Å². The molecule has 0 unspecified atom stereocenters. The van der Waals surface area contributed by atoms with Crippen LogP contribution in [-0.2, 0) is 0 Å². The zero-order chi connectivity index (χ0) is 13.8. The van der Waals surface area contributed by atoms with Crippen molar-refractivity contribution in [3.8, 4) is 16.9 Å². The average Bonchev–Trinajstić information content (AvgIpc) is 2.42. The maximum Gasteiger partial charge on any atom is 0.150 e. The van der Waals surface area contributed by atoms with Gasteiger partial charge in [0.25, 0.3) is 0 Å². The van der Waals surface area contributed by atoms with Gasteiger partial charge in [0.15, 0.2) is 6.29 Å². The van der Waals surface area contributed by atoms with Crippen LogP contribution >= 0.6 is 15.9 Å².